The van der Waals surface area contributed by atoms with Crippen LogP contribution >= 0.6 is 0 Å². The van der Waals surface area contributed by atoms with Gasteiger partial charge in [-0.15, -0.1) is 0 Å². The van der Waals surface area contributed by atoms with E-state index in [2.05, 4.69) is 35.8 Å². The first-order valence-corrected chi connectivity index (χ1v) is 6.24. The smallest absolute Gasteiger partial charge is 0.0628 e. The van der Waals surface area contributed by atoms with Crippen molar-refractivity contribution in [1.82, 2.24) is 9.78 Å². The predicted molar refractivity (Wildman–Crippen MR) is 67.1 cm³/mol. The molecule has 0 radical (unpaired) electrons. The molecule has 88 valence electrons. The Morgan fingerprint density at radius 1 is 1.56 bits per heavy atom. The van der Waals surface area contributed by atoms with Crippen LogP contribution in [0.3, 0.4) is 0 Å². The van der Waals surface area contributed by atoms with Crippen LogP contribution in [0.15, 0.2) is 11.6 Å². The van der Waals surface area contributed by atoms with Crippen LogP contribution in [0, 0.1) is 0 Å². The summed E-state index contributed by atoms with van der Waals surface area (Å²) >= 11 is 0. The fourth-order valence-corrected chi connectivity index (χ4v) is 2.28. The van der Waals surface area contributed by atoms with Crippen LogP contribution in [-0.2, 0) is 13.0 Å². The highest BCUT2D eigenvalue weighted by molar-refractivity contribution is 5.51. The van der Waals surface area contributed by atoms with E-state index in [1.165, 1.54) is 17.0 Å². The third-order valence-corrected chi connectivity index (χ3v) is 3.24. The summed E-state index contributed by atoms with van der Waals surface area (Å²) in [6, 6.07) is 2.57. The summed E-state index contributed by atoms with van der Waals surface area (Å²) in [5, 5.41) is 4.55. The molecular weight excluding hydrogens is 198 g/mol. The number of hydrogen-bond acceptors (Lipinski definition) is 2. The molecule has 2 rings (SSSR count). The number of aryl methyl sites for hydroxylation is 2. The summed E-state index contributed by atoms with van der Waals surface area (Å²) in [5.74, 6) is 0. The van der Waals surface area contributed by atoms with Gasteiger partial charge in [-0.2, -0.15) is 5.10 Å². The van der Waals surface area contributed by atoms with Crippen molar-refractivity contribution >= 4 is 6.08 Å². The van der Waals surface area contributed by atoms with E-state index in [-0.39, 0.29) is 0 Å². The van der Waals surface area contributed by atoms with Crippen LogP contribution in [0.5, 0.6) is 0 Å². The van der Waals surface area contributed by atoms with Gasteiger partial charge in [0, 0.05) is 12.6 Å². The molecule has 1 heterocycles. The molecule has 16 heavy (non-hydrogen) atoms. The largest absolute Gasteiger partial charge is 0.327 e. The van der Waals surface area contributed by atoms with Gasteiger partial charge in [0.25, 0.3) is 0 Å². The van der Waals surface area contributed by atoms with Crippen molar-refractivity contribution in [2.24, 2.45) is 5.73 Å². The first-order valence-electron chi connectivity index (χ1n) is 6.24. The molecule has 0 aromatic carbocycles. The van der Waals surface area contributed by atoms with E-state index in [4.69, 9.17) is 5.73 Å². The minimum atomic E-state index is 0.370. The Kier molecular flexibility index (Phi) is 3.44. The van der Waals surface area contributed by atoms with E-state index in [1.54, 1.807) is 0 Å². The van der Waals surface area contributed by atoms with Gasteiger partial charge in [0.15, 0.2) is 0 Å². The molecule has 0 amide bonds. The molecule has 0 saturated heterocycles. The number of aromatic nitrogens is 2. The van der Waals surface area contributed by atoms with Crippen molar-refractivity contribution < 1.29 is 0 Å². The highest BCUT2D eigenvalue weighted by Gasteiger charge is 2.15. The Bertz CT molecular complexity index is 390. The molecule has 1 aromatic rings. The Morgan fingerprint density at radius 2 is 2.38 bits per heavy atom. The second-order valence-corrected chi connectivity index (χ2v) is 4.54. The van der Waals surface area contributed by atoms with Gasteiger partial charge in [-0.3, -0.25) is 4.68 Å². The van der Waals surface area contributed by atoms with E-state index < -0.39 is 0 Å². The highest BCUT2D eigenvalue weighted by atomic mass is 15.3. The van der Waals surface area contributed by atoms with Crippen molar-refractivity contribution in [2.45, 2.75) is 52.1 Å². The Balaban J connectivity index is 2.22. The van der Waals surface area contributed by atoms with E-state index in [1.807, 2.05) is 0 Å². The van der Waals surface area contributed by atoms with Gasteiger partial charge in [0.2, 0.25) is 0 Å². The van der Waals surface area contributed by atoms with Crippen LogP contribution in [0.25, 0.3) is 6.08 Å². The van der Waals surface area contributed by atoms with E-state index in [0.717, 1.165) is 32.2 Å². The molecule has 1 fully saturated rings. The normalized spacial score (nSPS) is 23.2. The molecule has 1 aliphatic carbocycles. The third kappa shape index (κ3) is 2.35. The van der Waals surface area contributed by atoms with Crippen molar-refractivity contribution in [3.63, 3.8) is 0 Å². The maximum absolute atomic E-state index is 5.92. The molecule has 0 aliphatic heterocycles. The Morgan fingerprint density at radius 3 is 2.94 bits per heavy atom. The molecule has 1 aliphatic rings. The zero-order chi connectivity index (χ0) is 11.5. The first-order chi connectivity index (χ1) is 7.72. The Hall–Kier alpha value is -1.09. The second-order valence-electron chi connectivity index (χ2n) is 4.54. The van der Waals surface area contributed by atoms with Crippen LogP contribution < -0.4 is 5.73 Å². The van der Waals surface area contributed by atoms with Gasteiger partial charge in [0.05, 0.1) is 11.4 Å². The molecule has 3 heteroatoms. The maximum atomic E-state index is 5.92. The molecule has 1 atom stereocenters. The fourth-order valence-electron chi connectivity index (χ4n) is 2.28. The monoisotopic (exact) mass is 219 g/mol. The molecule has 1 aromatic heterocycles. The van der Waals surface area contributed by atoms with Gasteiger partial charge in [0.1, 0.15) is 0 Å². The summed E-state index contributed by atoms with van der Waals surface area (Å²) in [4.78, 5) is 0. The van der Waals surface area contributed by atoms with Crippen molar-refractivity contribution in [3.05, 3.63) is 23.0 Å². The maximum Gasteiger partial charge on any atom is 0.0628 e. The summed E-state index contributed by atoms with van der Waals surface area (Å²) in [7, 11) is 0. The van der Waals surface area contributed by atoms with Gasteiger partial charge < -0.3 is 5.73 Å². The van der Waals surface area contributed by atoms with Gasteiger partial charge in [-0.05, 0) is 44.7 Å². The average Bonchev–Trinajstić information content (AvgIpc) is 2.85. The van der Waals surface area contributed by atoms with Crippen molar-refractivity contribution in [3.8, 4) is 0 Å². The van der Waals surface area contributed by atoms with Crippen LogP contribution in [0.4, 0.5) is 0 Å². The van der Waals surface area contributed by atoms with Gasteiger partial charge in [-0.1, -0.05) is 12.5 Å². The zero-order valence-corrected chi connectivity index (χ0v) is 10.2. The van der Waals surface area contributed by atoms with Gasteiger partial charge >= 0.3 is 0 Å². The predicted octanol–water partition coefficient (Wildman–Crippen LogP) is 2.36. The lowest BCUT2D eigenvalue weighted by molar-refractivity contribution is 0.642. The molecule has 0 bridgehead atoms. The van der Waals surface area contributed by atoms with Crippen LogP contribution in [0.1, 0.15) is 44.5 Å². The minimum absolute atomic E-state index is 0.370. The van der Waals surface area contributed by atoms with Gasteiger partial charge in [-0.25, -0.2) is 0 Å². The average molecular weight is 219 g/mol. The van der Waals surface area contributed by atoms with E-state index in [9.17, 15) is 0 Å². The highest BCUT2D eigenvalue weighted by Crippen LogP contribution is 2.25. The lowest BCUT2D eigenvalue weighted by Gasteiger charge is -2.01. The van der Waals surface area contributed by atoms with Crippen LogP contribution in [0.2, 0.25) is 0 Å². The summed E-state index contributed by atoms with van der Waals surface area (Å²) in [6.07, 6.45) is 6.62. The molecule has 2 N–H and O–H groups in total. The zero-order valence-electron chi connectivity index (χ0n) is 10.2. The molecule has 0 spiro atoms. The lowest BCUT2D eigenvalue weighted by Crippen LogP contribution is -2.13. The van der Waals surface area contributed by atoms with E-state index in [0.29, 0.717) is 6.04 Å². The number of nitrogens with zero attached hydrogens (tertiary/aromatic N) is 2. The second kappa shape index (κ2) is 4.83. The molecule has 1 saturated carbocycles. The minimum Gasteiger partial charge on any atom is -0.327 e. The van der Waals surface area contributed by atoms with Crippen molar-refractivity contribution in [2.75, 3.05) is 0 Å². The third-order valence-electron chi connectivity index (χ3n) is 3.24. The summed E-state index contributed by atoms with van der Waals surface area (Å²) < 4.78 is 2.08. The standard InChI is InChI=1S/C13H21N3/c1-3-12-9-13(16(4-2)15-12)8-10-5-6-11(14)7-10/h8-9,11H,3-7,14H2,1-2H3. The molecule has 3 nitrogen and oxygen atoms in total. The van der Waals surface area contributed by atoms with E-state index >= 15 is 0 Å². The first kappa shape index (κ1) is 11.4. The number of rotatable bonds is 3. The lowest BCUT2D eigenvalue weighted by atomic mass is 10.1. The number of nitrogens with two attached hydrogens (primary N) is 1. The topological polar surface area (TPSA) is 43.8 Å². The summed E-state index contributed by atoms with van der Waals surface area (Å²) in [6.45, 7) is 5.21. The molecule has 1 unspecified atom stereocenters. The quantitative estimate of drug-likeness (QED) is 0.848. The number of hydrogen-bond donors (Lipinski definition) is 1. The Labute approximate surface area is 97.3 Å². The SMILES string of the molecule is CCc1cc(C=C2CCC(N)C2)n(CC)n1. The fraction of sp³-hybridized carbons (Fsp3) is 0.615. The molecular formula is C13H21N3. The van der Waals surface area contributed by atoms with Crippen molar-refractivity contribution in [1.29, 1.82) is 0 Å². The summed E-state index contributed by atoms with van der Waals surface area (Å²) in [5.41, 5.74) is 9.81. The van der Waals surface area contributed by atoms with Crippen LogP contribution in [-0.4, -0.2) is 15.8 Å².